The van der Waals surface area contributed by atoms with Gasteiger partial charge >= 0.3 is 0 Å². The molecule has 1 rings (SSSR count). The molecule has 1 aromatic rings. The van der Waals surface area contributed by atoms with Crippen molar-refractivity contribution in [3.63, 3.8) is 0 Å². The Morgan fingerprint density at radius 3 is 2.57 bits per heavy atom. The molecule has 4 heteroatoms. The summed E-state index contributed by atoms with van der Waals surface area (Å²) in [6, 6.07) is 0. The molecule has 0 aliphatic carbocycles. The molecule has 0 unspecified atom stereocenters. The molecule has 0 aliphatic rings. The van der Waals surface area contributed by atoms with E-state index in [-0.39, 0.29) is 5.91 Å². The van der Waals surface area contributed by atoms with Crippen LogP contribution in [0.1, 0.15) is 18.3 Å². The van der Waals surface area contributed by atoms with Gasteiger partial charge in [0, 0.05) is 7.05 Å². The number of amides is 1. The molecule has 0 bridgehead atoms. The Hall–Kier alpha value is -1.58. The summed E-state index contributed by atoms with van der Waals surface area (Å²) in [5, 5.41) is 6.99. The molecule has 0 saturated heterocycles. The summed E-state index contributed by atoms with van der Waals surface area (Å²) in [6.07, 6.45) is 3.20. The summed E-state index contributed by atoms with van der Waals surface area (Å²) >= 11 is 0. The van der Waals surface area contributed by atoms with Gasteiger partial charge in [0.2, 0.25) is 5.91 Å². The normalized spacial score (nSPS) is 10.9. The van der Waals surface area contributed by atoms with Crippen molar-refractivity contribution in [2.24, 2.45) is 7.05 Å². The number of aromatic nitrogens is 2. The van der Waals surface area contributed by atoms with Gasteiger partial charge in [-0.3, -0.25) is 9.48 Å². The van der Waals surface area contributed by atoms with Crippen molar-refractivity contribution < 1.29 is 4.79 Å². The number of aryl methyl sites for hydroxylation is 2. The average molecular weight is 193 g/mol. The Kier molecular flexibility index (Phi) is 3.06. The van der Waals surface area contributed by atoms with Crippen LogP contribution in [0.5, 0.6) is 0 Å². The number of anilines is 1. The zero-order valence-corrected chi connectivity index (χ0v) is 8.96. The minimum absolute atomic E-state index is 0.119. The van der Waals surface area contributed by atoms with E-state index in [0.29, 0.717) is 0 Å². The van der Waals surface area contributed by atoms with E-state index in [0.717, 1.165) is 17.1 Å². The van der Waals surface area contributed by atoms with E-state index in [9.17, 15) is 4.79 Å². The molecule has 0 fully saturated rings. The Labute approximate surface area is 83.6 Å². The SMILES string of the molecule is C/C=C/C(=O)Nc1c(C)nn(C)c1C. The zero-order valence-electron chi connectivity index (χ0n) is 8.96. The first-order valence-electron chi connectivity index (χ1n) is 4.50. The summed E-state index contributed by atoms with van der Waals surface area (Å²) in [4.78, 5) is 11.3. The van der Waals surface area contributed by atoms with Crippen LogP contribution in [0, 0.1) is 13.8 Å². The van der Waals surface area contributed by atoms with Gasteiger partial charge in [-0.2, -0.15) is 5.10 Å². The van der Waals surface area contributed by atoms with Crippen LogP contribution in [0.4, 0.5) is 5.69 Å². The van der Waals surface area contributed by atoms with Crippen LogP contribution < -0.4 is 5.32 Å². The molecular weight excluding hydrogens is 178 g/mol. The molecule has 0 spiro atoms. The molecule has 0 aliphatic heterocycles. The predicted molar refractivity (Wildman–Crippen MR) is 56.1 cm³/mol. The highest BCUT2D eigenvalue weighted by atomic mass is 16.1. The number of nitrogens with one attached hydrogen (secondary N) is 1. The third-order valence-electron chi connectivity index (χ3n) is 2.08. The first-order valence-corrected chi connectivity index (χ1v) is 4.50. The highest BCUT2D eigenvalue weighted by Gasteiger charge is 2.10. The van der Waals surface area contributed by atoms with Gasteiger partial charge in [-0.25, -0.2) is 0 Å². The highest BCUT2D eigenvalue weighted by Crippen LogP contribution is 2.17. The third-order valence-corrected chi connectivity index (χ3v) is 2.08. The molecular formula is C10H15N3O. The Morgan fingerprint density at radius 2 is 2.14 bits per heavy atom. The van der Waals surface area contributed by atoms with Crippen molar-refractivity contribution in [2.45, 2.75) is 20.8 Å². The van der Waals surface area contributed by atoms with Crippen molar-refractivity contribution in [1.82, 2.24) is 9.78 Å². The van der Waals surface area contributed by atoms with E-state index in [2.05, 4.69) is 10.4 Å². The number of nitrogens with zero attached hydrogens (tertiary/aromatic N) is 2. The molecule has 0 radical (unpaired) electrons. The van der Waals surface area contributed by atoms with Crippen molar-refractivity contribution in [2.75, 3.05) is 5.32 Å². The van der Waals surface area contributed by atoms with E-state index in [1.807, 2.05) is 27.8 Å². The van der Waals surface area contributed by atoms with Crippen molar-refractivity contribution in [3.05, 3.63) is 23.5 Å². The first kappa shape index (κ1) is 10.5. The minimum atomic E-state index is -0.119. The fourth-order valence-corrected chi connectivity index (χ4v) is 1.27. The Balaban J connectivity index is 2.91. The molecule has 0 saturated carbocycles. The van der Waals surface area contributed by atoms with Gasteiger partial charge in [0.15, 0.2) is 0 Å². The molecule has 1 N–H and O–H groups in total. The van der Waals surface area contributed by atoms with Gasteiger partial charge in [0.05, 0.1) is 17.1 Å². The molecule has 14 heavy (non-hydrogen) atoms. The van der Waals surface area contributed by atoms with Gasteiger partial charge in [0.1, 0.15) is 0 Å². The molecule has 1 amide bonds. The van der Waals surface area contributed by atoms with Gasteiger partial charge in [-0.1, -0.05) is 6.08 Å². The monoisotopic (exact) mass is 193 g/mol. The second-order valence-corrected chi connectivity index (χ2v) is 3.16. The van der Waals surface area contributed by atoms with E-state index >= 15 is 0 Å². The van der Waals surface area contributed by atoms with Crippen LogP contribution in [0.2, 0.25) is 0 Å². The first-order chi connectivity index (χ1) is 6.56. The fourth-order valence-electron chi connectivity index (χ4n) is 1.27. The Morgan fingerprint density at radius 1 is 1.50 bits per heavy atom. The second-order valence-electron chi connectivity index (χ2n) is 3.16. The standard InChI is InChI=1S/C10H15N3O/c1-5-6-9(14)11-10-7(2)12-13(4)8(10)3/h5-6H,1-4H3,(H,11,14)/b6-5+. The van der Waals surface area contributed by atoms with Gasteiger partial charge in [-0.15, -0.1) is 0 Å². The molecule has 1 aromatic heterocycles. The van der Waals surface area contributed by atoms with E-state index < -0.39 is 0 Å². The molecule has 76 valence electrons. The molecule has 0 atom stereocenters. The van der Waals surface area contributed by atoms with Gasteiger partial charge < -0.3 is 5.32 Å². The summed E-state index contributed by atoms with van der Waals surface area (Å²) < 4.78 is 1.75. The largest absolute Gasteiger partial charge is 0.319 e. The lowest BCUT2D eigenvalue weighted by Gasteiger charge is -2.01. The van der Waals surface area contributed by atoms with Crippen LogP contribution in [-0.2, 0) is 11.8 Å². The van der Waals surface area contributed by atoms with Gasteiger partial charge in [-0.05, 0) is 26.8 Å². The third kappa shape index (κ3) is 2.02. The zero-order chi connectivity index (χ0) is 10.7. The number of carbonyl (C=O) groups excluding carboxylic acids is 1. The maximum absolute atomic E-state index is 11.3. The highest BCUT2D eigenvalue weighted by molar-refractivity contribution is 5.99. The lowest BCUT2D eigenvalue weighted by molar-refractivity contribution is -0.111. The van der Waals surface area contributed by atoms with Crippen molar-refractivity contribution in [1.29, 1.82) is 0 Å². The minimum Gasteiger partial charge on any atom is -0.319 e. The number of rotatable bonds is 2. The van der Waals surface area contributed by atoms with E-state index in [1.54, 1.807) is 10.8 Å². The number of hydrogen-bond acceptors (Lipinski definition) is 2. The number of hydrogen-bond donors (Lipinski definition) is 1. The summed E-state index contributed by atoms with van der Waals surface area (Å²) in [6.45, 7) is 5.60. The van der Waals surface area contributed by atoms with Gasteiger partial charge in [0.25, 0.3) is 0 Å². The summed E-state index contributed by atoms with van der Waals surface area (Å²) in [5.41, 5.74) is 2.60. The van der Waals surface area contributed by atoms with Crippen LogP contribution in [0.3, 0.4) is 0 Å². The smallest absolute Gasteiger partial charge is 0.248 e. The average Bonchev–Trinajstić information content (AvgIpc) is 2.33. The molecule has 4 nitrogen and oxygen atoms in total. The van der Waals surface area contributed by atoms with Crippen LogP contribution in [-0.4, -0.2) is 15.7 Å². The number of allylic oxidation sites excluding steroid dienone is 1. The summed E-state index contributed by atoms with van der Waals surface area (Å²) in [5.74, 6) is -0.119. The lowest BCUT2D eigenvalue weighted by atomic mass is 10.3. The predicted octanol–water partition coefficient (Wildman–Crippen LogP) is 1.55. The molecule has 1 heterocycles. The second kappa shape index (κ2) is 4.09. The fraction of sp³-hybridized carbons (Fsp3) is 0.400. The van der Waals surface area contributed by atoms with Crippen LogP contribution in [0.15, 0.2) is 12.2 Å². The van der Waals surface area contributed by atoms with Crippen LogP contribution in [0.25, 0.3) is 0 Å². The lowest BCUT2D eigenvalue weighted by Crippen LogP contribution is -2.09. The van der Waals surface area contributed by atoms with Crippen molar-refractivity contribution >= 4 is 11.6 Å². The van der Waals surface area contributed by atoms with Crippen LogP contribution >= 0.6 is 0 Å². The Bertz CT molecular complexity index is 377. The summed E-state index contributed by atoms with van der Waals surface area (Å²) in [7, 11) is 1.85. The maximum Gasteiger partial charge on any atom is 0.248 e. The number of carbonyl (C=O) groups is 1. The topological polar surface area (TPSA) is 46.9 Å². The van der Waals surface area contributed by atoms with E-state index in [4.69, 9.17) is 0 Å². The van der Waals surface area contributed by atoms with E-state index in [1.165, 1.54) is 6.08 Å². The molecule has 0 aromatic carbocycles. The maximum atomic E-state index is 11.3. The van der Waals surface area contributed by atoms with Crippen molar-refractivity contribution in [3.8, 4) is 0 Å². The quantitative estimate of drug-likeness (QED) is 0.724.